The van der Waals surface area contributed by atoms with Gasteiger partial charge >= 0.3 is 11.9 Å². The van der Waals surface area contributed by atoms with Gasteiger partial charge < -0.3 is 66.3 Å². The molecule has 0 bridgehead atoms. The van der Waals surface area contributed by atoms with E-state index < -0.39 is 5.97 Å². The van der Waals surface area contributed by atoms with Crippen LogP contribution in [0.2, 0.25) is 0 Å². The lowest BCUT2D eigenvalue weighted by molar-refractivity contribution is -0.146. The second-order valence-corrected chi connectivity index (χ2v) is 13.6. The van der Waals surface area contributed by atoms with Crippen molar-refractivity contribution in [2.45, 2.75) is 96.8 Å². The predicted molar refractivity (Wildman–Crippen MR) is 223 cm³/mol. The van der Waals surface area contributed by atoms with Crippen LogP contribution < -0.4 is 0 Å². The molecule has 16 heteroatoms. The number of carbonyl (C=O) groups excluding carboxylic acids is 2. The normalized spacial score (nSPS) is 11.4. The molecular formula is C43H84O16. The first-order valence-electron chi connectivity index (χ1n) is 22.4. The molecule has 0 unspecified atom stereocenters. The lowest BCUT2D eigenvalue weighted by atomic mass is 10.0. The lowest BCUT2D eigenvalue weighted by Crippen LogP contribution is -2.16. The van der Waals surface area contributed by atoms with Crippen LogP contribution in [0.3, 0.4) is 0 Å². The van der Waals surface area contributed by atoms with Gasteiger partial charge in [-0.1, -0.05) is 84.0 Å². The molecule has 0 saturated carbocycles. The van der Waals surface area contributed by atoms with E-state index >= 15 is 0 Å². The Labute approximate surface area is 356 Å². The quantitative estimate of drug-likeness (QED) is 0.0565. The Bertz CT molecular complexity index is 825. The van der Waals surface area contributed by atoms with E-state index in [1.807, 2.05) is 0 Å². The van der Waals surface area contributed by atoms with Crippen LogP contribution >= 0.6 is 0 Å². The number of esters is 2. The van der Waals surface area contributed by atoms with E-state index in [9.17, 15) is 9.59 Å². The highest BCUT2D eigenvalue weighted by Gasteiger charge is 2.03. The first kappa shape index (κ1) is 57.5. The van der Waals surface area contributed by atoms with Crippen LogP contribution in [0.5, 0.6) is 0 Å². The van der Waals surface area contributed by atoms with Crippen LogP contribution in [0, 0.1) is 0 Å². The van der Waals surface area contributed by atoms with Crippen molar-refractivity contribution in [3.05, 3.63) is 0 Å². The number of carbonyl (C=O) groups is 2. The van der Waals surface area contributed by atoms with Crippen molar-refractivity contribution in [3.63, 3.8) is 0 Å². The Morgan fingerprint density at radius 2 is 0.525 bits per heavy atom. The molecule has 352 valence electrons. The van der Waals surface area contributed by atoms with Crippen molar-refractivity contribution in [2.75, 3.05) is 172 Å². The topological polar surface area (TPSA) is 163 Å². The number of hydrogen-bond donors (Lipinski definition) is 0. The number of hydrogen-bond acceptors (Lipinski definition) is 16. The number of ether oxygens (including phenoxy) is 14. The zero-order chi connectivity index (χ0) is 42.6. The molecule has 0 N–H and O–H groups in total. The van der Waals surface area contributed by atoms with Crippen LogP contribution in [0.15, 0.2) is 0 Å². The van der Waals surface area contributed by atoms with Crippen LogP contribution in [0.25, 0.3) is 0 Å². The van der Waals surface area contributed by atoms with Gasteiger partial charge in [-0.05, 0) is 6.42 Å². The second kappa shape index (κ2) is 52.6. The van der Waals surface area contributed by atoms with E-state index in [0.29, 0.717) is 158 Å². The second-order valence-electron chi connectivity index (χ2n) is 13.6. The van der Waals surface area contributed by atoms with E-state index in [0.717, 1.165) is 12.8 Å². The first-order chi connectivity index (χ1) is 29.2. The molecule has 0 radical (unpaired) electrons. The molecule has 0 amide bonds. The van der Waals surface area contributed by atoms with Crippen molar-refractivity contribution in [1.29, 1.82) is 0 Å². The summed E-state index contributed by atoms with van der Waals surface area (Å²) in [7, 11) is 1.31. The van der Waals surface area contributed by atoms with Gasteiger partial charge in [0.15, 0.2) is 0 Å². The van der Waals surface area contributed by atoms with Crippen LogP contribution in [-0.2, 0) is 75.9 Å². The van der Waals surface area contributed by atoms with Gasteiger partial charge in [-0.2, -0.15) is 0 Å². The molecule has 0 aliphatic carbocycles. The van der Waals surface area contributed by atoms with Gasteiger partial charge in [-0.25, -0.2) is 4.79 Å². The van der Waals surface area contributed by atoms with Gasteiger partial charge in [-0.15, -0.1) is 0 Å². The summed E-state index contributed by atoms with van der Waals surface area (Å²) < 4.78 is 74.9. The Morgan fingerprint density at radius 1 is 0.288 bits per heavy atom. The summed E-state index contributed by atoms with van der Waals surface area (Å²) in [5.74, 6) is -0.546. The summed E-state index contributed by atoms with van der Waals surface area (Å²) in [5.41, 5.74) is 0. The minimum Gasteiger partial charge on any atom is -0.467 e. The summed E-state index contributed by atoms with van der Waals surface area (Å²) in [6.45, 7) is 13.1. The van der Waals surface area contributed by atoms with E-state index in [-0.39, 0.29) is 19.2 Å². The summed E-state index contributed by atoms with van der Waals surface area (Å²) >= 11 is 0. The molecule has 0 heterocycles. The summed E-state index contributed by atoms with van der Waals surface area (Å²) in [5, 5.41) is 0. The number of rotatable bonds is 52. The fourth-order valence-electron chi connectivity index (χ4n) is 5.21. The van der Waals surface area contributed by atoms with Crippen molar-refractivity contribution < 1.29 is 75.9 Å². The van der Waals surface area contributed by atoms with Gasteiger partial charge in [0.25, 0.3) is 0 Å². The van der Waals surface area contributed by atoms with Gasteiger partial charge in [0.2, 0.25) is 0 Å². The van der Waals surface area contributed by atoms with Crippen molar-refractivity contribution in [1.82, 2.24) is 0 Å². The summed E-state index contributed by atoms with van der Waals surface area (Å²) in [6.07, 6.45) is 17.3. The molecule has 16 nitrogen and oxygen atoms in total. The maximum absolute atomic E-state index is 11.9. The molecule has 0 saturated heterocycles. The fraction of sp³-hybridized carbons (Fsp3) is 0.953. The van der Waals surface area contributed by atoms with Crippen LogP contribution in [-0.4, -0.2) is 184 Å². The molecule has 0 aromatic carbocycles. The molecule has 0 fully saturated rings. The summed E-state index contributed by atoms with van der Waals surface area (Å²) in [4.78, 5) is 22.8. The minimum atomic E-state index is -0.410. The predicted octanol–water partition coefficient (Wildman–Crippen LogP) is 5.38. The van der Waals surface area contributed by atoms with Gasteiger partial charge in [0.1, 0.15) is 13.2 Å². The highest BCUT2D eigenvalue weighted by atomic mass is 16.6. The molecule has 0 aromatic heterocycles. The van der Waals surface area contributed by atoms with E-state index in [2.05, 4.69) is 11.7 Å². The third-order valence-electron chi connectivity index (χ3n) is 8.51. The highest BCUT2D eigenvalue weighted by Crippen LogP contribution is 2.13. The zero-order valence-electron chi connectivity index (χ0n) is 37.1. The molecule has 0 aliphatic rings. The van der Waals surface area contributed by atoms with Crippen LogP contribution in [0.4, 0.5) is 0 Å². The Morgan fingerprint density at radius 3 is 0.797 bits per heavy atom. The molecule has 0 atom stereocenters. The molecule has 0 aliphatic heterocycles. The Balaban J connectivity index is 3.12. The molecule has 0 aromatic rings. The minimum absolute atomic E-state index is 0.0740. The summed E-state index contributed by atoms with van der Waals surface area (Å²) in [6, 6.07) is 0. The SMILES string of the molecule is CCCCCCCCCCCCCCCC(=O)OCCOCCOCCOCCOCCOCCOCCOCCOCCOCCOCCOCCOCC(=O)OC. The maximum Gasteiger partial charge on any atom is 0.331 e. The van der Waals surface area contributed by atoms with Crippen molar-refractivity contribution in [3.8, 4) is 0 Å². The molecule has 0 rings (SSSR count). The molecular weight excluding hydrogens is 772 g/mol. The van der Waals surface area contributed by atoms with Gasteiger partial charge in [0.05, 0.1) is 159 Å². The van der Waals surface area contributed by atoms with Gasteiger partial charge in [0, 0.05) is 6.42 Å². The Kier molecular flexibility index (Phi) is 51.2. The van der Waals surface area contributed by atoms with Crippen LogP contribution in [0.1, 0.15) is 96.8 Å². The average molecular weight is 857 g/mol. The monoisotopic (exact) mass is 857 g/mol. The van der Waals surface area contributed by atoms with E-state index in [1.54, 1.807) is 0 Å². The smallest absolute Gasteiger partial charge is 0.331 e. The van der Waals surface area contributed by atoms with Gasteiger partial charge in [-0.3, -0.25) is 4.79 Å². The molecule has 0 spiro atoms. The number of methoxy groups -OCH3 is 1. The standard InChI is InChI=1S/C43H84O16/c1-3-4-5-6-7-8-9-10-11-12-13-14-15-16-42(44)59-40-39-57-36-35-55-32-31-53-28-27-51-24-23-49-20-19-47-17-18-48-21-22-50-25-26-52-29-30-54-33-34-56-37-38-58-41-43(45)46-2/h3-41H2,1-2H3. The first-order valence-corrected chi connectivity index (χ1v) is 22.4. The average Bonchev–Trinajstić information content (AvgIpc) is 3.24. The highest BCUT2D eigenvalue weighted by molar-refractivity contribution is 5.70. The lowest BCUT2D eigenvalue weighted by Gasteiger charge is -2.09. The maximum atomic E-state index is 11.9. The molecule has 59 heavy (non-hydrogen) atoms. The zero-order valence-corrected chi connectivity index (χ0v) is 37.1. The largest absolute Gasteiger partial charge is 0.467 e. The Hall–Kier alpha value is -1.54. The van der Waals surface area contributed by atoms with E-state index in [4.69, 9.17) is 61.6 Å². The van der Waals surface area contributed by atoms with Crippen molar-refractivity contribution in [2.24, 2.45) is 0 Å². The third-order valence-corrected chi connectivity index (χ3v) is 8.51. The fourth-order valence-corrected chi connectivity index (χ4v) is 5.21. The van der Waals surface area contributed by atoms with Crippen molar-refractivity contribution >= 4 is 11.9 Å². The number of unbranched alkanes of at least 4 members (excludes halogenated alkanes) is 12. The van der Waals surface area contributed by atoms with E-state index in [1.165, 1.54) is 77.7 Å². The third kappa shape index (κ3) is 52.5.